The molecule has 0 aliphatic carbocycles. The van der Waals surface area contributed by atoms with Gasteiger partial charge in [-0.3, -0.25) is 0 Å². The molecule has 0 aliphatic rings. The molecule has 0 spiro atoms. The van der Waals surface area contributed by atoms with Gasteiger partial charge in [0.25, 0.3) is 0 Å². The number of halogens is 2. The highest BCUT2D eigenvalue weighted by Crippen LogP contribution is 2.25. The van der Waals surface area contributed by atoms with Crippen LogP contribution in [-0.2, 0) is 14.3 Å². The monoisotopic (exact) mass is 240 g/mol. The third kappa shape index (κ3) is 4.85. The Labute approximate surface area is 93.5 Å². The molecule has 0 aliphatic heterocycles. The number of esters is 1. The molecule has 0 aromatic heterocycles. The fraction of sp³-hybridized carbons (Fsp3) is 0.900. The molecule has 0 radical (unpaired) electrons. The molecule has 0 unspecified atom stereocenters. The van der Waals surface area contributed by atoms with Crippen molar-refractivity contribution in [2.75, 3.05) is 20.3 Å². The number of alkyl halides is 2. The summed E-state index contributed by atoms with van der Waals surface area (Å²) in [6.45, 7) is 3.15. The van der Waals surface area contributed by atoms with Crippen molar-refractivity contribution in [3.63, 3.8) is 0 Å². The van der Waals surface area contributed by atoms with Crippen LogP contribution in [0.15, 0.2) is 0 Å². The largest absolute Gasteiger partial charge is 0.459 e. The van der Waals surface area contributed by atoms with Gasteiger partial charge in [-0.1, -0.05) is 13.8 Å². The smallest absolute Gasteiger partial charge is 0.379 e. The average molecular weight is 240 g/mol. The van der Waals surface area contributed by atoms with E-state index in [0.29, 0.717) is 0 Å². The van der Waals surface area contributed by atoms with Crippen LogP contribution in [0.4, 0.5) is 8.78 Å². The van der Waals surface area contributed by atoms with E-state index in [1.807, 2.05) is 0 Å². The molecule has 0 heterocycles. The Morgan fingerprint density at radius 1 is 1.38 bits per heavy atom. The number of aliphatic hydroxyl groups excluding tert-OH is 1. The lowest BCUT2D eigenvalue weighted by Gasteiger charge is -2.22. The zero-order valence-corrected chi connectivity index (χ0v) is 9.70. The molecule has 16 heavy (non-hydrogen) atoms. The third-order valence-corrected chi connectivity index (χ3v) is 1.91. The fourth-order valence-electron chi connectivity index (χ4n) is 1.04. The fourth-order valence-corrected chi connectivity index (χ4v) is 1.04. The van der Waals surface area contributed by atoms with Gasteiger partial charge in [-0.25, -0.2) is 4.79 Å². The van der Waals surface area contributed by atoms with Crippen molar-refractivity contribution in [1.82, 2.24) is 0 Å². The summed E-state index contributed by atoms with van der Waals surface area (Å²) in [4.78, 5) is 11.0. The summed E-state index contributed by atoms with van der Waals surface area (Å²) in [5.41, 5.74) is 0. The average Bonchev–Trinajstić information content (AvgIpc) is 2.16. The van der Waals surface area contributed by atoms with Gasteiger partial charge in [0.05, 0.1) is 6.61 Å². The number of methoxy groups -OCH3 is 1. The van der Waals surface area contributed by atoms with Crippen LogP contribution in [0.25, 0.3) is 0 Å². The van der Waals surface area contributed by atoms with E-state index in [4.69, 9.17) is 0 Å². The molecule has 1 atom stereocenters. The van der Waals surface area contributed by atoms with Crippen LogP contribution < -0.4 is 0 Å². The minimum atomic E-state index is -3.86. The molecule has 0 saturated carbocycles. The molecule has 0 amide bonds. The number of ether oxygens (including phenoxy) is 2. The SMILES string of the molecule is COCCOC(=O)C(F)(F)[C@H](O)CC(C)C. The summed E-state index contributed by atoms with van der Waals surface area (Å²) in [7, 11) is 1.36. The number of hydrogen-bond acceptors (Lipinski definition) is 4. The third-order valence-electron chi connectivity index (χ3n) is 1.91. The van der Waals surface area contributed by atoms with Crippen molar-refractivity contribution in [2.24, 2.45) is 5.92 Å². The molecule has 0 saturated heterocycles. The molecule has 6 heteroatoms. The van der Waals surface area contributed by atoms with Gasteiger partial charge in [-0.15, -0.1) is 0 Å². The van der Waals surface area contributed by atoms with E-state index in [1.165, 1.54) is 7.11 Å². The molecule has 0 rings (SSSR count). The minimum absolute atomic E-state index is 0.0437. The zero-order chi connectivity index (χ0) is 12.8. The first-order valence-electron chi connectivity index (χ1n) is 5.04. The quantitative estimate of drug-likeness (QED) is 0.537. The molecule has 96 valence electrons. The Balaban J connectivity index is 4.23. The maximum atomic E-state index is 13.2. The van der Waals surface area contributed by atoms with Gasteiger partial charge in [0.1, 0.15) is 12.7 Å². The Kier molecular flexibility index (Phi) is 6.43. The number of hydrogen-bond donors (Lipinski definition) is 1. The highest BCUT2D eigenvalue weighted by Gasteiger charge is 2.48. The van der Waals surface area contributed by atoms with Crippen LogP contribution in [0.3, 0.4) is 0 Å². The predicted octanol–water partition coefficient (Wildman–Crippen LogP) is 1.22. The van der Waals surface area contributed by atoms with Crippen LogP contribution in [-0.4, -0.2) is 43.4 Å². The predicted molar refractivity (Wildman–Crippen MR) is 53.2 cm³/mol. The van der Waals surface area contributed by atoms with Gasteiger partial charge >= 0.3 is 11.9 Å². The van der Waals surface area contributed by atoms with Crippen molar-refractivity contribution in [3.05, 3.63) is 0 Å². The zero-order valence-electron chi connectivity index (χ0n) is 9.70. The summed E-state index contributed by atoms with van der Waals surface area (Å²) in [6.07, 6.45) is -2.17. The second-order valence-electron chi connectivity index (χ2n) is 3.90. The van der Waals surface area contributed by atoms with Gasteiger partial charge in [0.2, 0.25) is 0 Å². The van der Waals surface area contributed by atoms with Crippen LogP contribution >= 0.6 is 0 Å². The summed E-state index contributed by atoms with van der Waals surface area (Å²) in [5.74, 6) is -5.71. The molecular formula is C10H18F2O4. The van der Waals surface area contributed by atoms with Crippen LogP contribution in [0.5, 0.6) is 0 Å². The van der Waals surface area contributed by atoms with E-state index in [-0.39, 0.29) is 25.6 Å². The second kappa shape index (κ2) is 6.75. The van der Waals surface area contributed by atoms with Gasteiger partial charge in [0, 0.05) is 7.11 Å². The van der Waals surface area contributed by atoms with Crippen molar-refractivity contribution >= 4 is 5.97 Å². The van der Waals surface area contributed by atoms with E-state index in [0.717, 1.165) is 0 Å². The van der Waals surface area contributed by atoms with Gasteiger partial charge in [0.15, 0.2) is 0 Å². The number of carbonyl (C=O) groups is 1. The molecule has 4 nitrogen and oxygen atoms in total. The normalized spacial score (nSPS) is 13.9. The summed E-state index contributed by atoms with van der Waals surface area (Å²) in [6, 6.07) is 0. The van der Waals surface area contributed by atoms with E-state index in [2.05, 4.69) is 9.47 Å². The summed E-state index contributed by atoms with van der Waals surface area (Å²) in [5, 5.41) is 9.19. The van der Waals surface area contributed by atoms with E-state index < -0.39 is 18.0 Å². The maximum absolute atomic E-state index is 13.2. The molecule has 0 aromatic rings. The molecular weight excluding hydrogens is 222 g/mol. The minimum Gasteiger partial charge on any atom is -0.459 e. The Morgan fingerprint density at radius 3 is 2.38 bits per heavy atom. The van der Waals surface area contributed by atoms with Crippen molar-refractivity contribution in [3.8, 4) is 0 Å². The lowest BCUT2D eigenvalue weighted by atomic mass is 10.0. The lowest BCUT2D eigenvalue weighted by Crippen LogP contribution is -2.43. The molecule has 1 N–H and O–H groups in total. The Bertz CT molecular complexity index is 219. The summed E-state index contributed by atoms with van der Waals surface area (Å²) < 4.78 is 35.3. The van der Waals surface area contributed by atoms with Gasteiger partial charge in [-0.2, -0.15) is 8.78 Å². The van der Waals surface area contributed by atoms with E-state index >= 15 is 0 Å². The molecule has 0 bridgehead atoms. The number of rotatable bonds is 7. The highest BCUT2D eigenvalue weighted by atomic mass is 19.3. The van der Waals surface area contributed by atoms with Crippen molar-refractivity contribution in [2.45, 2.75) is 32.3 Å². The topological polar surface area (TPSA) is 55.8 Å². The van der Waals surface area contributed by atoms with Crippen molar-refractivity contribution < 1.29 is 28.2 Å². The summed E-state index contributed by atoms with van der Waals surface area (Å²) >= 11 is 0. The van der Waals surface area contributed by atoms with E-state index in [1.54, 1.807) is 13.8 Å². The lowest BCUT2D eigenvalue weighted by molar-refractivity contribution is -0.191. The van der Waals surface area contributed by atoms with E-state index in [9.17, 15) is 18.7 Å². The number of aliphatic hydroxyl groups is 1. The Hall–Kier alpha value is -0.750. The van der Waals surface area contributed by atoms with Crippen LogP contribution in [0, 0.1) is 5.92 Å². The first-order chi connectivity index (χ1) is 7.32. The highest BCUT2D eigenvalue weighted by molar-refractivity contribution is 5.78. The van der Waals surface area contributed by atoms with Crippen LogP contribution in [0.1, 0.15) is 20.3 Å². The Morgan fingerprint density at radius 2 is 1.94 bits per heavy atom. The first kappa shape index (κ1) is 15.2. The standard InChI is InChI=1S/C10H18F2O4/c1-7(2)6-8(13)10(11,12)9(14)16-5-4-15-3/h7-8,13H,4-6H2,1-3H3/t8-/m1/s1. The second-order valence-corrected chi connectivity index (χ2v) is 3.90. The van der Waals surface area contributed by atoms with Gasteiger partial charge in [-0.05, 0) is 12.3 Å². The van der Waals surface area contributed by atoms with Crippen LogP contribution in [0.2, 0.25) is 0 Å². The molecule has 0 fully saturated rings. The van der Waals surface area contributed by atoms with Crippen molar-refractivity contribution in [1.29, 1.82) is 0 Å². The maximum Gasteiger partial charge on any atom is 0.379 e. The first-order valence-corrected chi connectivity index (χ1v) is 5.04. The molecule has 0 aromatic carbocycles. The van der Waals surface area contributed by atoms with Gasteiger partial charge < -0.3 is 14.6 Å². The number of carbonyl (C=O) groups excluding carboxylic acids is 1.